The van der Waals surface area contributed by atoms with Gasteiger partial charge >= 0.3 is 0 Å². The second-order valence-corrected chi connectivity index (χ2v) is 6.62. The van der Waals surface area contributed by atoms with Crippen molar-refractivity contribution in [3.63, 3.8) is 0 Å². The fourth-order valence-corrected chi connectivity index (χ4v) is 3.35. The van der Waals surface area contributed by atoms with Crippen molar-refractivity contribution < 1.29 is 14.3 Å². The lowest BCUT2D eigenvalue weighted by Crippen LogP contribution is -2.15. The number of hydrogen-bond acceptors (Lipinski definition) is 5. The molecule has 0 bridgehead atoms. The van der Waals surface area contributed by atoms with Crippen LogP contribution in [0.3, 0.4) is 0 Å². The Hall–Kier alpha value is -2.15. The van der Waals surface area contributed by atoms with E-state index in [4.69, 9.17) is 9.47 Å². The molecule has 1 aromatic carbocycles. The Balaban J connectivity index is 1.70. The number of fused-ring (bicyclic) bond motifs is 1. The molecule has 1 aliphatic heterocycles. The molecule has 0 radical (unpaired) electrons. The quantitative estimate of drug-likeness (QED) is 0.814. The number of aromatic nitrogens is 2. The zero-order valence-corrected chi connectivity index (χ0v) is 14.9. The first-order valence-corrected chi connectivity index (χ1v) is 8.91. The molecule has 1 N–H and O–H groups in total. The summed E-state index contributed by atoms with van der Waals surface area (Å²) < 4.78 is 13.3. The number of nitrogens with one attached hydrogen (secondary N) is 1. The van der Waals surface area contributed by atoms with Crippen molar-refractivity contribution in [3.8, 4) is 11.5 Å². The maximum atomic E-state index is 12.3. The van der Waals surface area contributed by atoms with Gasteiger partial charge in [0.25, 0.3) is 0 Å². The summed E-state index contributed by atoms with van der Waals surface area (Å²) in [7, 11) is 1.90. The highest BCUT2D eigenvalue weighted by Gasteiger charge is 2.22. The van der Waals surface area contributed by atoms with E-state index < -0.39 is 0 Å². The number of imidazole rings is 1. The Bertz CT molecular complexity index is 745. The molecule has 1 atom stereocenters. The van der Waals surface area contributed by atoms with Crippen LogP contribution in [0.15, 0.2) is 29.7 Å². The summed E-state index contributed by atoms with van der Waals surface area (Å²) in [6, 6.07) is 3.82. The van der Waals surface area contributed by atoms with Crippen molar-refractivity contribution in [2.45, 2.75) is 31.5 Å². The van der Waals surface area contributed by atoms with Crippen LogP contribution in [0.1, 0.15) is 19.4 Å². The van der Waals surface area contributed by atoms with E-state index in [9.17, 15) is 4.79 Å². The molecule has 1 amide bonds. The summed E-state index contributed by atoms with van der Waals surface area (Å²) >= 11 is 1.39. The van der Waals surface area contributed by atoms with Crippen molar-refractivity contribution in [2.24, 2.45) is 7.05 Å². The van der Waals surface area contributed by atoms with Gasteiger partial charge in [0.2, 0.25) is 5.91 Å². The summed E-state index contributed by atoms with van der Waals surface area (Å²) in [4.78, 5) is 16.5. The highest BCUT2D eigenvalue weighted by atomic mass is 32.2. The largest absolute Gasteiger partial charge is 0.492 e. The fraction of sp³-hybridized carbons (Fsp3) is 0.412. The molecule has 2 heterocycles. The van der Waals surface area contributed by atoms with Crippen molar-refractivity contribution >= 4 is 23.4 Å². The Kier molecular flexibility index (Phi) is 4.99. The number of aryl methyl sites for hydroxylation is 1. The lowest BCUT2D eigenvalue weighted by Gasteiger charge is -2.13. The second kappa shape index (κ2) is 7.17. The zero-order valence-electron chi connectivity index (χ0n) is 14.0. The second-order valence-electron chi connectivity index (χ2n) is 5.68. The van der Waals surface area contributed by atoms with Gasteiger partial charge in [-0.3, -0.25) is 4.79 Å². The van der Waals surface area contributed by atoms with Crippen molar-refractivity contribution in [1.29, 1.82) is 0 Å². The molecule has 2 aromatic rings. The Morgan fingerprint density at radius 3 is 3.08 bits per heavy atom. The summed E-state index contributed by atoms with van der Waals surface area (Å²) in [5, 5.41) is 3.73. The highest BCUT2D eigenvalue weighted by molar-refractivity contribution is 7.99. The van der Waals surface area contributed by atoms with Gasteiger partial charge in [-0.25, -0.2) is 4.98 Å². The molecule has 3 rings (SSSR count). The van der Waals surface area contributed by atoms with Crippen molar-refractivity contribution in [1.82, 2.24) is 9.55 Å². The molecule has 0 fully saturated rings. The SMILES string of the molecule is CCOc1cc2c(cc1NC(=O)CSc1nccn1C)O[C@@H](C)C2. The van der Waals surface area contributed by atoms with Gasteiger partial charge in [0.05, 0.1) is 18.0 Å². The molecule has 1 aromatic heterocycles. The summed E-state index contributed by atoms with van der Waals surface area (Å²) in [5.74, 6) is 1.68. The van der Waals surface area contributed by atoms with Crippen molar-refractivity contribution in [3.05, 3.63) is 30.1 Å². The number of hydrogen-bond donors (Lipinski definition) is 1. The predicted octanol–water partition coefficient (Wildman–Crippen LogP) is 2.87. The first-order chi connectivity index (χ1) is 11.6. The van der Waals surface area contributed by atoms with E-state index in [2.05, 4.69) is 10.3 Å². The topological polar surface area (TPSA) is 65.4 Å². The predicted molar refractivity (Wildman–Crippen MR) is 94.0 cm³/mol. The maximum absolute atomic E-state index is 12.3. The van der Waals surface area contributed by atoms with E-state index in [1.807, 2.05) is 43.8 Å². The fourth-order valence-electron chi connectivity index (χ4n) is 2.62. The normalized spacial score (nSPS) is 15.7. The van der Waals surface area contributed by atoms with Crippen LogP contribution in [0.4, 0.5) is 5.69 Å². The summed E-state index contributed by atoms with van der Waals surface area (Å²) in [6.45, 7) is 4.50. The molecule has 6 nitrogen and oxygen atoms in total. The molecular weight excluding hydrogens is 326 g/mol. The Morgan fingerprint density at radius 1 is 1.54 bits per heavy atom. The minimum absolute atomic E-state index is 0.102. The third kappa shape index (κ3) is 3.67. The smallest absolute Gasteiger partial charge is 0.234 e. The van der Waals surface area contributed by atoms with Crippen LogP contribution >= 0.6 is 11.8 Å². The first kappa shape index (κ1) is 16.7. The lowest BCUT2D eigenvalue weighted by atomic mass is 10.1. The van der Waals surface area contributed by atoms with Gasteiger partial charge in [0, 0.05) is 37.5 Å². The number of thioether (sulfide) groups is 1. The molecule has 1 aliphatic rings. The van der Waals surface area contributed by atoms with E-state index in [-0.39, 0.29) is 17.8 Å². The number of carbonyl (C=O) groups excluding carboxylic acids is 1. The van der Waals surface area contributed by atoms with Gasteiger partial charge in [0.1, 0.15) is 17.6 Å². The maximum Gasteiger partial charge on any atom is 0.234 e. The minimum Gasteiger partial charge on any atom is -0.492 e. The number of anilines is 1. The average Bonchev–Trinajstić information content (AvgIpc) is 3.10. The van der Waals surface area contributed by atoms with Crippen LogP contribution in [0, 0.1) is 0 Å². The summed E-state index contributed by atoms with van der Waals surface area (Å²) in [5.41, 5.74) is 1.77. The van der Waals surface area contributed by atoms with Gasteiger partial charge in [-0.2, -0.15) is 0 Å². The molecule has 0 spiro atoms. The molecular formula is C17H21N3O3S. The van der Waals surface area contributed by atoms with Crippen LogP contribution in [-0.2, 0) is 18.3 Å². The van der Waals surface area contributed by atoms with Gasteiger partial charge in [-0.1, -0.05) is 11.8 Å². The van der Waals surface area contributed by atoms with Crippen LogP contribution in [0.2, 0.25) is 0 Å². The number of amides is 1. The molecule has 0 aliphatic carbocycles. The summed E-state index contributed by atoms with van der Waals surface area (Å²) in [6.07, 6.45) is 4.58. The number of benzene rings is 1. The molecule has 0 unspecified atom stereocenters. The average molecular weight is 347 g/mol. The molecule has 7 heteroatoms. The van der Waals surface area contributed by atoms with E-state index in [0.29, 0.717) is 18.0 Å². The van der Waals surface area contributed by atoms with Gasteiger partial charge in [-0.05, 0) is 19.9 Å². The molecule has 128 valence electrons. The van der Waals surface area contributed by atoms with Crippen molar-refractivity contribution in [2.75, 3.05) is 17.7 Å². The number of nitrogens with zero attached hydrogens (tertiary/aromatic N) is 2. The minimum atomic E-state index is -0.102. The number of ether oxygens (including phenoxy) is 2. The zero-order chi connectivity index (χ0) is 17.1. The van der Waals surface area contributed by atoms with Crippen LogP contribution < -0.4 is 14.8 Å². The third-order valence-corrected chi connectivity index (χ3v) is 4.74. The van der Waals surface area contributed by atoms with E-state index >= 15 is 0 Å². The standard InChI is InChI=1S/C17H21N3O3S/c1-4-22-15-8-12-7-11(2)23-14(12)9-13(15)19-16(21)10-24-17-18-5-6-20(17)3/h5-6,8-9,11H,4,7,10H2,1-3H3,(H,19,21)/t11-/m0/s1. The number of carbonyl (C=O) groups is 1. The van der Waals surface area contributed by atoms with Gasteiger partial charge < -0.3 is 19.4 Å². The van der Waals surface area contributed by atoms with Gasteiger partial charge in [-0.15, -0.1) is 0 Å². The lowest BCUT2D eigenvalue weighted by molar-refractivity contribution is -0.113. The Morgan fingerprint density at radius 2 is 2.38 bits per heavy atom. The van der Waals surface area contributed by atoms with Crippen LogP contribution in [0.5, 0.6) is 11.5 Å². The Labute approximate surface area is 145 Å². The van der Waals surface area contributed by atoms with E-state index in [0.717, 1.165) is 22.9 Å². The molecule has 24 heavy (non-hydrogen) atoms. The van der Waals surface area contributed by atoms with E-state index in [1.165, 1.54) is 11.8 Å². The number of rotatable bonds is 6. The first-order valence-electron chi connectivity index (χ1n) is 7.93. The third-order valence-electron chi connectivity index (χ3n) is 3.68. The van der Waals surface area contributed by atoms with Crippen LogP contribution in [0.25, 0.3) is 0 Å². The highest BCUT2D eigenvalue weighted by Crippen LogP contribution is 2.38. The molecule has 0 saturated carbocycles. The van der Waals surface area contributed by atoms with Crippen LogP contribution in [-0.4, -0.2) is 33.9 Å². The van der Waals surface area contributed by atoms with Gasteiger partial charge in [0.15, 0.2) is 5.16 Å². The monoisotopic (exact) mass is 347 g/mol. The van der Waals surface area contributed by atoms with E-state index in [1.54, 1.807) is 6.20 Å². The molecule has 0 saturated heterocycles.